The smallest absolute Gasteiger partial charge is 0.232 e. The highest BCUT2D eigenvalue weighted by molar-refractivity contribution is 7.92. The maximum absolute atomic E-state index is 12.2. The van der Waals surface area contributed by atoms with Gasteiger partial charge in [0.25, 0.3) is 0 Å². The standard InChI is InChI=1S/C22H30N2O4S/c1-17-11-12-21(19(3)16-17)28-15-13-23-22(25)10-7-14-24(29(4,26)27)20-9-6-5-8-18(20)2/h5-6,8-9,11-12,16H,7,10,13-15H2,1-4H3,(H,23,25). The minimum absolute atomic E-state index is 0.118. The molecular weight excluding hydrogens is 388 g/mol. The summed E-state index contributed by atoms with van der Waals surface area (Å²) in [6, 6.07) is 13.3. The monoisotopic (exact) mass is 418 g/mol. The van der Waals surface area contributed by atoms with Gasteiger partial charge >= 0.3 is 0 Å². The van der Waals surface area contributed by atoms with E-state index >= 15 is 0 Å². The van der Waals surface area contributed by atoms with Crippen molar-refractivity contribution in [2.45, 2.75) is 33.6 Å². The van der Waals surface area contributed by atoms with Crippen LogP contribution in [0.3, 0.4) is 0 Å². The molecule has 2 aromatic carbocycles. The average molecular weight is 419 g/mol. The molecule has 0 fully saturated rings. The first-order valence-corrected chi connectivity index (χ1v) is 11.5. The van der Waals surface area contributed by atoms with Crippen LogP contribution in [0.2, 0.25) is 0 Å². The zero-order chi connectivity index (χ0) is 21.4. The topological polar surface area (TPSA) is 75.7 Å². The van der Waals surface area contributed by atoms with Gasteiger partial charge in [-0.2, -0.15) is 0 Å². The molecule has 6 nitrogen and oxygen atoms in total. The number of benzene rings is 2. The maximum Gasteiger partial charge on any atom is 0.232 e. The van der Waals surface area contributed by atoms with Gasteiger partial charge in [-0.15, -0.1) is 0 Å². The number of para-hydroxylation sites is 1. The lowest BCUT2D eigenvalue weighted by atomic mass is 10.1. The molecule has 2 aromatic rings. The van der Waals surface area contributed by atoms with E-state index in [4.69, 9.17) is 4.74 Å². The maximum atomic E-state index is 12.2. The molecule has 0 unspecified atom stereocenters. The largest absolute Gasteiger partial charge is 0.491 e. The summed E-state index contributed by atoms with van der Waals surface area (Å²) in [6.07, 6.45) is 1.87. The molecule has 0 spiro atoms. The fourth-order valence-electron chi connectivity index (χ4n) is 3.09. The van der Waals surface area contributed by atoms with E-state index in [1.165, 1.54) is 16.1 Å². The Labute approximate surface area is 173 Å². The number of rotatable bonds is 10. The van der Waals surface area contributed by atoms with Crippen molar-refractivity contribution in [1.29, 1.82) is 0 Å². The van der Waals surface area contributed by atoms with Crippen molar-refractivity contribution in [2.75, 3.05) is 30.3 Å². The van der Waals surface area contributed by atoms with Gasteiger partial charge in [0.15, 0.2) is 0 Å². The number of carbonyl (C=O) groups excluding carboxylic acids is 1. The van der Waals surface area contributed by atoms with Crippen LogP contribution >= 0.6 is 0 Å². The Morgan fingerprint density at radius 3 is 2.45 bits per heavy atom. The van der Waals surface area contributed by atoms with Crippen LogP contribution in [0.5, 0.6) is 5.75 Å². The van der Waals surface area contributed by atoms with Gasteiger partial charge in [-0.1, -0.05) is 35.9 Å². The van der Waals surface area contributed by atoms with Gasteiger partial charge in [0.05, 0.1) is 18.5 Å². The number of aryl methyl sites for hydroxylation is 3. The number of sulfonamides is 1. The molecule has 0 bridgehead atoms. The second-order valence-corrected chi connectivity index (χ2v) is 9.10. The lowest BCUT2D eigenvalue weighted by Crippen LogP contribution is -2.33. The summed E-state index contributed by atoms with van der Waals surface area (Å²) in [7, 11) is -3.42. The molecule has 7 heteroatoms. The molecule has 0 heterocycles. The van der Waals surface area contributed by atoms with Crippen LogP contribution in [-0.4, -0.2) is 40.3 Å². The van der Waals surface area contributed by atoms with Crippen LogP contribution < -0.4 is 14.4 Å². The molecule has 2 rings (SSSR count). The predicted molar refractivity (Wildman–Crippen MR) is 117 cm³/mol. The second-order valence-electron chi connectivity index (χ2n) is 7.19. The van der Waals surface area contributed by atoms with Crippen molar-refractivity contribution in [3.63, 3.8) is 0 Å². The average Bonchev–Trinajstić information content (AvgIpc) is 2.64. The zero-order valence-corrected chi connectivity index (χ0v) is 18.4. The van der Waals surface area contributed by atoms with Gasteiger partial charge < -0.3 is 10.1 Å². The number of amides is 1. The third-order valence-corrected chi connectivity index (χ3v) is 5.74. The number of carbonyl (C=O) groups is 1. The SMILES string of the molecule is Cc1ccc(OCCNC(=O)CCCN(c2ccccc2C)S(C)(=O)=O)c(C)c1. The van der Waals surface area contributed by atoms with Crippen LogP contribution in [0, 0.1) is 20.8 Å². The van der Waals surface area contributed by atoms with Crippen LogP contribution in [0.25, 0.3) is 0 Å². The first-order valence-electron chi connectivity index (χ1n) is 9.68. The molecule has 0 saturated carbocycles. The number of nitrogens with zero attached hydrogens (tertiary/aromatic N) is 1. The fraction of sp³-hybridized carbons (Fsp3) is 0.409. The van der Waals surface area contributed by atoms with Gasteiger partial charge in [-0.25, -0.2) is 8.42 Å². The number of ether oxygens (including phenoxy) is 1. The van der Waals surface area contributed by atoms with E-state index in [1.807, 2.05) is 51.1 Å². The molecule has 0 aromatic heterocycles. The Bertz CT molecular complexity index is 942. The summed E-state index contributed by atoms with van der Waals surface area (Å²) in [5, 5.41) is 2.82. The van der Waals surface area contributed by atoms with E-state index in [9.17, 15) is 13.2 Å². The highest BCUT2D eigenvalue weighted by Gasteiger charge is 2.18. The molecule has 0 aliphatic rings. The summed E-state index contributed by atoms with van der Waals surface area (Å²) in [5.74, 6) is 0.694. The molecule has 0 aliphatic carbocycles. The Morgan fingerprint density at radius 1 is 1.07 bits per heavy atom. The minimum atomic E-state index is -3.42. The predicted octanol–water partition coefficient (Wildman–Crippen LogP) is 3.35. The third kappa shape index (κ3) is 7.09. The highest BCUT2D eigenvalue weighted by Crippen LogP contribution is 2.22. The molecule has 0 radical (unpaired) electrons. The molecular formula is C22H30N2O4S. The summed E-state index contributed by atoms with van der Waals surface area (Å²) in [4.78, 5) is 12.1. The van der Waals surface area contributed by atoms with Crippen LogP contribution in [0.4, 0.5) is 5.69 Å². The minimum Gasteiger partial charge on any atom is -0.491 e. The zero-order valence-electron chi connectivity index (χ0n) is 17.6. The summed E-state index contributed by atoms with van der Waals surface area (Å²) in [6.45, 7) is 6.93. The fourth-order valence-corrected chi connectivity index (χ4v) is 4.12. The van der Waals surface area contributed by atoms with Crippen LogP contribution in [0.1, 0.15) is 29.5 Å². The molecule has 0 saturated heterocycles. The van der Waals surface area contributed by atoms with Crippen molar-refractivity contribution in [2.24, 2.45) is 0 Å². The van der Waals surface area contributed by atoms with E-state index in [-0.39, 0.29) is 18.9 Å². The number of hydrogen-bond donors (Lipinski definition) is 1. The van der Waals surface area contributed by atoms with Crippen molar-refractivity contribution in [3.05, 3.63) is 59.2 Å². The summed E-state index contributed by atoms with van der Waals surface area (Å²) in [5.41, 5.74) is 3.77. The highest BCUT2D eigenvalue weighted by atomic mass is 32.2. The third-order valence-electron chi connectivity index (χ3n) is 4.56. The number of nitrogens with one attached hydrogen (secondary N) is 1. The van der Waals surface area contributed by atoms with Gasteiger partial charge in [0.2, 0.25) is 15.9 Å². The Balaban J connectivity index is 1.77. The van der Waals surface area contributed by atoms with Crippen LogP contribution in [-0.2, 0) is 14.8 Å². The lowest BCUT2D eigenvalue weighted by molar-refractivity contribution is -0.121. The van der Waals surface area contributed by atoms with Gasteiger partial charge in [-0.05, 0) is 50.5 Å². The first kappa shape index (κ1) is 22.7. The van der Waals surface area contributed by atoms with Crippen LogP contribution in [0.15, 0.2) is 42.5 Å². The summed E-state index contributed by atoms with van der Waals surface area (Å²) >= 11 is 0. The van der Waals surface area contributed by atoms with Crippen molar-refractivity contribution >= 4 is 21.6 Å². The van der Waals surface area contributed by atoms with E-state index in [2.05, 4.69) is 11.4 Å². The van der Waals surface area contributed by atoms with Crippen molar-refractivity contribution in [3.8, 4) is 5.75 Å². The van der Waals surface area contributed by atoms with Gasteiger partial charge in [0.1, 0.15) is 12.4 Å². The van der Waals surface area contributed by atoms with Gasteiger partial charge in [-0.3, -0.25) is 9.10 Å². The summed E-state index contributed by atoms with van der Waals surface area (Å²) < 4.78 is 31.4. The quantitative estimate of drug-likeness (QED) is 0.601. The molecule has 0 aliphatic heterocycles. The number of anilines is 1. The van der Waals surface area contributed by atoms with E-state index < -0.39 is 10.0 Å². The Kier molecular flexibility index (Phi) is 8.08. The Hall–Kier alpha value is -2.54. The molecule has 158 valence electrons. The Morgan fingerprint density at radius 2 is 1.79 bits per heavy atom. The molecule has 0 atom stereocenters. The molecule has 1 N–H and O–H groups in total. The van der Waals surface area contributed by atoms with E-state index in [1.54, 1.807) is 6.07 Å². The van der Waals surface area contributed by atoms with Crippen molar-refractivity contribution < 1.29 is 17.9 Å². The van der Waals surface area contributed by atoms with Crippen molar-refractivity contribution in [1.82, 2.24) is 5.32 Å². The van der Waals surface area contributed by atoms with E-state index in [0.717, 1.165) is 16.9 Å². The van der Waals surface area contributed by atoms with Gasteiger partial charge in [0, 0.05) is 13.0 Å². The molecule has 29 heavy (non-hydrogen) atoms. The normalized spacial score (nSPS) is 11.2. The first-order chi connectivity index (χ1) is 13.7. The molecule has 1 amide bonds. The lowest BCUT2D eigenvalue weighted by Gasteiger charge is -2.24. The van der Waals surface area contributed by atoms with E-state index in [0.29, 0.717) is 25.3 Å². The second kappa shape index (κ2) is 10.3. The number of hydrogen-bond acceptors (Lipinski definition) is 4.